The minimum Gasteiger partial charge on any atom is -0.492 e. The van der Waals surface area contributed by atoms with Crippen LogP contribution in [0, 0.1) is 29.0 Å². The van der Waals surface area contributed by atoms with Crippen LogP contribution in [-0.2, 0) is 38.3 Å². The summed E-state index contributed by atoms with van der Waals surface area (Å²) in [5.74, 6) is 2.62. The third kappa shape index (κ3) is 14.4. The van der Waals surface area contributed by atoms with Gasteiger partial charge in [-0.05, 0) is 172 Å². The van der Waals surface area contributed by atoms with Crippen molar-refractivity contribution in [3.63, 3.8) is 0 Å². The van der Waals surface area contributed by atoms with Gasteiger partial charge in [-0.3, -0.25) is 0 Å². The lowest BCUT2D eigenvalue weighted by atomic mass is 9.68. The van der Waals surface area contributed by atoms with Crippen LogP contribution in [0.5, 0.6) is 5.75 Å². The number of hydrogen-bond donors (Lipinski definition) is 2. The number of halogens is 1. The maximum atomic E-state index is 16.2. The van der Waals surface area contributed by atoms with Crippen LogP contribution in [0.4, 0.5) is 4.39 Å². The SMILES string of the molecule is C=C(C)C(=O)OCCCc1cc(-c2ccc(-c3ccc(C4CCC(C5CCC(CCCCC)CC5)CC4)cc3F)cc2CC)cc(CCCOC(=O)C(=C)C)c1OCC(CC)(CO)CO. The monoisotopic (exact) mass is 895 g/mol. The minimum absolute atomic E-state index is 0.0891. The Morgan fingerprint density at radius 3 is 1.75 bits per heavy atom. The number of hydrogen-bond acceptors (Lipinski definition) is 7. The van der Waals surface area contributed by atoms with Crippen molar-refractivity contribution < 1.29 is 38.4 Å². The van der Waals surface area contributed by atoms with Gasteiger partial charge in [0.1, 0.15) is 11.6 Å². The van der Waals surface area contributed by atoms with Crippen LogP contribution >= 0.6 is 0 Å². The van der Waals surface area contributed by atoms with Crippen LogP contribution in [0.25, 0.3) is 22.3 Å². The zero-order chi connectivity index (χ0) is 46.9. The number of carbonyl (C=O) groups is 2. The molecule has 65 heavy (non-hydrogen) atoms. The van der Waals surface area contributed by atoms with Gasteiger partial charge in [0, 0.05) is 16.7 Å². The van der Waals surface area contributed by atoms with Gasteiger partial charge in [0.25, 0.3) is 0 Å². The van der Waals surface area contributed by atoms with Gasteiger partial charge >= 0.3 is 11.9 Å². The Morgan fingerprint density at radius 1 is 0.692 bits per heavy atom. The molecular formula is C57H79FO7. The van der Waals surface area contributed by atoms with Crippen LogP contribution in [-0.4, -0.2) is 55.2 Å². The molecule has 0 unspecified atom stereocenters. The minimum atomic E-state index is -0.842. The van der Waals surface area contributed by atoms with E-state index in [1.165, 1.54) is 64.2 Å². The Morgan fingerprint density at radius 2 is 1.25 bits per heavy atom. The summed E-state index contributed by atoms with van der Waals surface area (Å²) in [6.07, 6.45) is 19.2. The number of aryl methyl sites for hydroxylation is 3. The van der Waals surface area contributed by atoms with Gasteiger partial charge in [-0.1, -0.05) is 103 Å². The Kier molecular flexibility index (Phi) is 20.4. The number of benzene rings is 3. The molecule has 2 fully saturated rings. The summed E-state index contributed by atoms with van der Waals surface area (Å²) in [7, 11) is 0. The van der Waals surface area contributed by atoms with E-state index in [0.29, 0.717) is 60.5 Å². The van der Waals surface area contributed by atoms with Gasteiger partial charge in [-0.25, -0.2) is 14.0 Å². The highest BCUT2D eigenvalue weighted by Gasteiger charge is 2.32. The number of carbonyl (C=O) groups excluding carboxylic acids is 2. The van der Waals surface area contributed by atoms with Crippen LogP contribution in [0.2, 0.25) is 0 Å². The van der Waals surface area contributed by atoms with E-state index in [1.807, 2.05) is 19.1 Å². The van der Waals surface area contributed by atoms with E-state index >= 15 is 4.39 Å². The number of aliphatic hydroxyl groups excluding tert-OH is 2. The van der Waals surface area contributed by atoms with Crippen LogP contribution in [0.15, 0.2) is 72.8 Å². The molecule has 0 spiro atoms. The molecule has 2 saturated carbocycles. The second kappa shape index (κ2) is 25.6. The van der Waals surface area contributed by atoms with E-state index in [-0.39, 0.29) is 38.9 Å². The lowest BCUT2D eigenvalue weighted by Crippen LogP contribution is -2.36. The maximum absolute atomic E-state index is 16.2. The van der Waals surface area contributed by atoms with Crippen molar-refractivity contribution in [1.29, 1.82) is 0 Å². The Labute approximate surface area is 390 Å². The van der Waals surface area contributed by atoms with Gasteiger partial charge < -0.3 is 24.4 Å². The molecule has 7 nitrogen and oxygen atoms in total. The Bertz CT molecular complexity index is 1970. The fourth-order valence-electron chi connectivity index (χ4n) is 10.2. The topological polar surface area (TPSA) is 102 Å². The van der Waals surface area contributed by atoms with E-state index in [9.17, 15) is 19.8 Å². The van der Waals surface area contributed by atoms with Gasteiger partial charge in [0.15, 0.2) is 0 Å². The van der Waals surface area contributed by atoms with Crippen molar-refractivity contribution in [2.45, 2.75) is 156 Å². The molecule has 0 saturated heterocycles. The fourth-order valence-corrected chi connectivity index (χ4v) is 10.2. The summed E-state index contributed by atoms with van der Waals surface area (Å²) < 4.78 is 33.7. The lowest BCUT2D eigenvalue weighted by Gasteiger charge is -2.38. The summed E-state index contributed by atoms with van der Waals surface area (Å²) in [6, 6.07) is 16.3. The van der Waals surface area contributed by atoms with Crippen LogP contribution in [0.3, 0.4) is 0 Å². The molecule has 0 aromatic heterocycles. The summed E-state index contributed by atoms with van der Waals surface area (Å²) in [4.78, 5) is 24.4. The van der Waals surface area contributed by atoms with E-state index in [2.05, 4.69) is 57.3 Å². The molecule has 356 valence electrons. The molecule has 0 radical (unpaired) electrons. The molecule has 2 aliphatic rings. The van der Waals surface area contributed by atoms with Crippen molar-refractivity contribution >= 4 is 11.9 Å². The maximum Gasteiger partial charge on any atom is 0.333 e. The molecule has 0 heterocycles. The molecule has 0 aliphatic heterocycles. The lowest BCUT2D eigenvalue weighted by molar-refractivity contribution is -0.139. The normalized spacial score (nSPS) is 18.8. The highest BCUT2D eigenvalue weighted by atomic mass is 19.1. The van der Waals surface area contributed by atoms with E-state index in [0.717, 1.165) is 76.0 Å². The van der Waals surface area contributed by atoms with Crippen molar-refractivity contribution in [3.05, 3.63) is 101 Å². The van der Waals surface area contributed by atoms with E-state index < -0.39 is 17.4 Å². The van der Waals surface area contributed by atoms with Crippen molar-refractivity contribution in [3.8, 4) is 28.0 Å². The fraction of sp³-hybridized carbons (Fsp3) is 0.579. The third-order valence-electron chi connectivity index (χ3n) is 14.6. The number of rotatable bonds is 25. The smallest absolute Gasteiger partial charge is 0.333 e. The molecule has 3 aromatic carbocycles. The summed E-state index contributed by atoms with van der Waals surface area (Å²) >= 11 is 0. The molecule has 8 heteroatoms. The van der Waals surface area contributed by atoms with E-state index in [1.54, 1.807) is 19.9 Å². The zero-order valence-corrected chi connectivity index (χ0v) is 40.4. The van der Waals surface area contributed by atoms with Crippen LogP contribution in [0.1, 0.15) is 159 Å². The standard InChI is InChI=1S/C57H79FO7/c1-8-11-12-15-41-18-20-43(21-19-41)44-22-24-45(25-23-44)46-26-29-52(53(58)35-46)47-27-28-51(42(9-2)32-47)50-33-48(16-13-30-63-55(61)39(4)5)54(65-38-57(10-3,36-59)37-60)49(34-50)17-14-31-64-56(62)40(6)7/h26-29,32-35,41,43-45,59-60H,4,6,8-25,30-31,36-38H2,1-3,5,7H3. The van der Waals surface area contributed by atoms with Gasteiger partial charge in [-0.15, -0.1) is 0 Å². The first-order valence-corrected chi connectivity index (χ1v) is 24.9. The van der Waals surface area contributed by atoms with E-state index in [4.69, 9.17) is 14.2 Å². The molecule has 3 aromatic rings. The quantitative estimate of drug-likeness (QED) is 0.0496. The molecule has 2 N–H and O–H groups in total. The molecule has 0 atom stereocenters. The first kappa shape index (κ1) is 51.7. The van der Waals surface area contributed by atoms with Crippen molar-refractivity contribution in [2.24, 2.45) is 23.2 Å². The predicted octanol–water partition coefficient (Wildman–Crippen LogP) is 13.2. The molecule has 0 amide bonds. The largest absolute Gasteiger partial charge is 0.492 e. The first-order valence-electron chi connectivity index (χ1n) is 24.9. The number of aliphatic hydroxyl groups is 2. The first-order chi connectivity index (χ1) is 31.3. The average molecular weight is 895 g/mol. The van der Waals surface area contributed by atoms with Gasteiger partial charge in [0.05, 0.1) is 38.4 Å². The summed E-state index contributed by atoms with van der Waals surface area (Å²) in [5, 5.41) is 20.6. The summed E-state index contributed by atoms with van der Waals surface area (Å²) in [6.45, 7) is 16.9. The van der Waals surface area contributed by atoms with Gasteiger partial charge in [0.2, 0.25) is 0 Å². The highest BCUT2D eigenvalue weighted by molar-refractivity contribution is 5.87. The third-order valence-corrected chi connectivity index (χ3v) is 14.6. The molecule has 0 bridgehead atoms. The second-order valence-corrected chi connectivity index (χ2v) is 19.5. The highest BCUT2D eigenvalue weighted by Crippen LogP contribution is 2.45. The Hall–Kier alpha value is -4.27. The Balaban J connectivity index is 1.38. The molecule has 2 aliphatic carbocycles. The zero-order valence-electron chi connectivity index (χ0n) is 40.4. The van der Waals surface area contributed by atoms with Crippen molar-refractivity contribution in [1.82, 2.24) is 0 Å². The number of esters is 2. The van der Waals surface area contributed by atoms with Gasteiger partial charge in [-0.2, -0.15) is 0 Å². The van der Waals surface area contributed by atoms with Crippen LogP contribution < -0.4 is 4.74 Å². The number of ether oxygens (including phenoxy) is 3. The van der Waals surface area contributed by atoms with Crippen molar-refractivity contribution in [2.75, 3.05) is 33.0 Å². The number of unbranched alkanes of at least 4 members (excludes halogenated alkanes) is 2. The molecule has 5 rings (SSSR count). The second-order valence-electron chi connectivity index (χ2n) is 19.5. The molecular weight excluding hydrogens is 816 g/mol. The predicted molar refractivity (Wildman–Crippen MR) is 262 cm³/mol. The average Bonchev–Trinajstić information content (AvgIpc) is 3.32. The summed E-state index contributed by atoms with van der Waals surface area (Å²) in [5.41, 5.74) is 7.20.